The molecule has 0 aliphatic carbocycles. The summed E-state index contributed by atoms with van der Waals surface area (Å²) in [5, 5.41) is 7.85. The van der Waals surface area contributed by atoms with Crippen LogP contribution in [-0.4, -0.2) is 72.6 Å². The molecule has 2 fully saturated rings. The number of carbonyl (C=O) groups is 5. The number of nitrogens with one attached hydrogen (secondary N) is 3. The highest BCUT2D eigenvalue weighted by molar-refractivity contribution is 6.36. The van der Waals surface area contributed by atoms with Crippen molar-refractivity contribution < 1.29 is 33.4 Å². The summed E-state index contributed by atoms with van der Waals surface area (Å²) < 4.78 is 10.4. The molecule has 1 aromatic rings. The Morgan fingerprint density at radius 2 is 2.03 bits per heavy atom. The molecule has 3 rings (SSSR count). The first-order valence-corrected chi connectivity index (χ1v) is 11.3. The van der Waals surface area contributed by atoms with Crippen LogP contribution >= 0.6 is 11.6 Å². The zero-order valence-electron chi connectivity index (χ0n) is 18.9. The van der Waals surface area contributed by atoms with Crippen LogP contribution in [0.5, 0.6) is 0 Å². The fraction of sp³-hybridized carbons (Fsp3) is 0.500. The van der Waals surface area contributed by atoms with Crippen LogP contribution in [0.15, 0.2) is 18.2 Å². The van der Waals surface area contributed by atoms with Crippen molar-refractivity contribution in [2.45, 2.75) is 51.5 Å². The number of halogens is 1. The minimum Gasteiger partial charge on any atom is -0.433 e. The highest BCUT2D eigenvalue weighted by Gasteiger charge is 2.40. The van der Waals surface area contributed by atoms with Crippen molar-refractivity contribution in [2.24, 2.45) is 0 Å². The van der Waals surface area contributed by atoms with Gasteiger partial charge in [-0.3, -0.25) is 24.0 Å². The van der Waals surface area contributed by atoms with E-state index in [0.717, 1.165) is 0 Å². The van der Waals surface area contributed by atoms with Gasteiger partial charge in [-0.05, 0) is 31.9 Å². The van der Waals surface area contributed by atoms with Crippen LogP contribution in [0, 0.1) is 0 Å². The van der Waals surface area contributed by atoms with E-state index >= 15 is 0 Å². The Morgan fingerprint density at radius 3 is 2.74 bits per heavy atom. The van der Waals surface area contributed by atoms with E-state index < -0.39 is 42.1 Å². The third kappa shape index (κ3) is 6.03. The van der Waals surface area contributed by atoms with E-state index in [9.17, 15) is 24.0 Å². The molecular formula is C22H27ClN4O7. The molecule has 2 aliphatic rings. The van der Waals surface area contributed by atoms with Crippen LogP contribution in [0.25, 0.3) is 0 Å². The summed E-state index contributed by atoms with van der Waals surface area (Å²) in [6.07, 6.45) is 0.212. The van der Waals surface area contributed by atoms with E-state index in [0.29, 0.717) is 26.0 Å². The number of amides is 4. The van der Waals surface area contributed by atoms with E-state index in [1.54, 1.807) is 19.1 Å². The summed E-state index contributed by atoms with van der Waals surface area (Å²) in [6.45, 7) is 3.41. The van der Waals surface area contributed by atoms with Crippen LogP contribution in [-0.2, 0) is 28.7 Å². The average Bonchev–Trinajstić information content (AvgIpc) is 3.40. The number of benzene rings is 1. The number of hydrogen-bond donors (Lipinski definition) is 3. The SMILES string of the molecule is CCO[C@@H]1OC(=O)C[C@@H]1NC(=O)[C@@H]1CCCN1C(=O)CNC(=O)c1cccc(NC(C)=O)c1Cl. The molecule has 0 unspecified atom stereocenters. The lowest BCUT2D eigenvalue weighted by atomic mass is 10.1. The summed E-state index contributed by atoms with van der Waals surface area (Å²) in [5.41, 5.74) is 0.383. The fourth-order valence-corrected chi connectivity index (χ4v) is 4.19. The lowest BCUT2D eigenvalue weighted by molar-refractivity contribution is -0.164. The monoisotopic (exact) mass is 494 g/mol. The topological polar surface area (TPSA) is 143 Å². The zero-order valence-corrected chi connectivity index (χ0v) is 19.6. The molecule has 4 amide bonds. The van der Waals surface area contributed by atoms with Gasteiger partial charge in [0.15, 0.2) is 0 Å². The van der Waals surface area contributed by atoms with Crippen molar-refractivity contribution in [3.05, 3.63) is 28.8 Å². The van der Waals surface area contributed by atoms with Crippen molar-refractivity contribution in [1.82, 2.24) is 15.5 Å². The van der Waals surface area contributed by atoms with Gasteiger partial charge in [0.05, 0.1) is 29.2 Å². The first-order valence-electron chi connectivity index (χ1n) is 11.0. The van der Waals surface area contributed by atoms with Crippen molar-refractivity contribution in [1.29, 1.82) is 0 Å². The molecule has 184 valence electrons. The summed E-state index contributed by atoms with van der Waals surface area (Å²) in [7, 11) is 0. The molecule has 2 aliphatic heterocycles. The number of nitrogens with zero attached hydrogens (tertiary/aromatic N) is 1. The van der Waals surface area contributed by atoms with Crippen LogP contribution < -0.4 is 16.0 Å². The van der Waals surface area contributed by atoms with Crippen molar-refractivity contribution >= 4 is 46.9 Å². The van der Waals surface area contributed by atoms with Gasteiger partial charge in [0.25, 0.3) is 5.91 Å². The van der Waals surface area contributed by atoms with Crippen LogP contribution in [0.4, 0.5) is 5.69 Å². The minimum absolute atomic E-state index is 0.00849. The third-order valence-electron chi connectivity index (χ3n) is 5.45. The van der Waals surface area contributed by atoms with E-state index in [4.69, 9.17) is 21.1 Å². The lowest BCUT2D eigenvalue weighted by Crippen LogP contribution is -2.52. The van der Waals surface area contributed by atoms with Crippen LogP contribution in [0.1, 0.15) is 43.5 Å². The van der Waals surface area contributed by atoms with Crippen LogP contribution in [0.3, 0.4) is 0 Å². The molecule has 2 saturated heterocycles. The maximum atomic E-state index is 12.8. The molecule has 0 radical (unpaired) electrons. The smallest absolute Gasteiger partial charge is 0.310 e. The Kier molecular flexibility index (Phi) is 8.46. The van der Waals surface area contributed by atoms with Crippen LogP contribution in [0.2, 0.25) is 5.02 Å². The Labute approximate surface area is 201 Å². The molecule has 0 spiro atoms. The first kappa shape index (κ1) is 25.4. The molecule has 3 N–H and O–H groups in total. The summed E-state index contributed by atoms with van der Waals surface area (Å²) in [5.74, 6) is -2.23. The fourth-order valence-electron chi connectivity index (χ4n) is 3.93. The quantitative estimate of drug-likeness (QED) is 0.454. The standard InChI is InChI=1S/C22H27ClN4O7/c1-3-33-22-15(10-18(30)34-22)26-21(32)16-8-5-9-27(16)17(29)11-24-20(31)13-6-4-7-14(19(13)23)25-12(2)28/h4,6-7,15-16,22H,3,5,8-11H2,1-2H3,(H,24,31)(H,25,28)(H,26,32)/t15-,16-,22+/m0/s1. The van der Waals surface area contributed by atoms with E-state index in [-0.39, 0.29) is 35.1 Å². The molecule has 12 heteroatoms. The minimum atomic E-state index is -0.857. The second-order valence-electron chi connectivity index (χ2n) is 7.91. The number of esters is 1. The Hall–Kier alpha value is -3.18. The highest BCUT2D eigenvalue weighted by atomic mass is 35.5. The molecule has 11 nitrogen and oxygen atoms in total. The summed E-state index contributed by atoms with van der Waals surface area (Å²) in [4.78, 5) is 62.5. The van der Waals surface area contributed by atoms with Crippen molar-refractivity contribution in [2.75, 3.05) is 25.0 Å². The van der Waals surface area contributed by atoms with E-state index in [2.05, 4.69) is 16.0 Å². The maximum absolute atomic E-state index is 12.8. The van der Waals surface area contributed by atoms with Gasteiger partial charge in [-0.2, -0.15) is 0 Å². The predicted molar refractivity (Wildman–Crippen MR) is 121 cm³/mol. The number of ether oxygens (including phenoxy) is 2. The average molecular weight is 495 g/mol. The highest BCUT2D eigenvalue weighted by Crippen LogP contribution is 2.26. The Morgan fingerprint density at radius 1 is 1.26 bits per heavy atom. The number of carbonyl (C=O) groups excluding carboxylic acids is 5. The van der Waals surface area contributed by atoms with Gasteiger partial charge in [-0.15, -0.1) is 0 Å². The largest absolute Gasteiger partial charge is 0.433 e. The predicted octanol–water partition coefficient (Wildman–Crippen LogP) is 0.814. The molecule has 0 aromatic heterocycles. The van der Waals surface area contributed by atoms with Gasteiger partial charge in [0.2, 0.25) is 24.0 Å². The lowest BCUT2D eigenvalue weighted by Gasteiger charge is -2.26. The number of cyclic esters (lactones) is 1. The van der Waals surface area contributed by atoms with Gasteiger partial charge < -0.3 is 30.3 Å². The number of anilines is 1. The van der Waals surface area contributed by atoms with Gasteiger partial charge in [0.1, 0.15) is 12.1 Å². The van der Waals surface area contributed by atoms with Crippen molar-refractivity contribution in [3.8, 4) is 0 Å². The van der Waals surface area contributed by atoms with Gasteiger partial charge in [-0.1, -0.05) is 17.7 Å². The Balaban J connectivity index is 1.58. The summed E-state index contributed by atoms with van der Waals surface area (Å²) in [6, 6.07) is 3.23. The van der Waals surface area contributed by atoms with Crippen molar-refractivity contribution in [3.63, 3.8) is 0 Å². The first-order chi connectivity index (χ1) is 16.2. The van der Waals surface area contributed by atoms with E-state index in [1.807, 2.05) is 0 Å². The molecule has 3 atom stereocenters. The number of hydrogen-bond acceptors (Lipinski definition) is 7. The number of rotatable bonds is 8. The molecular weight excluding hydrogens is 468 g/mol. The van der Waals surface area contributed by atoms with E-state index in [1.165, 1.54) is 17.9 Å². The normalized spacial score (nSPS) is 21.7. The second kappa shape index (κ2) is 11.3. The maximum Gasteiger partial charge on any atom is 0.310 e. The molecule has 2 heterocycles. The third-order valence-corrected chi connectivity index (χ3v) is 5.86. The van der Waals surface area contributed by atoms with Gasteiger partial charge >= 0.3 is 5.97 Å². The zero-order chi connectivity index (χ0) is 24.8. The summed E-state index contributed by atoms with van der Waals surface area (Å²) >= 11 is 6.21. The number of likely N-dealkylation sites (tertiary alicyclic amines) is 1. The molecule has 34 heavy (non-hydrogen) atoms. The molecule has 0 saturated carbocycles. The Bertz CT molecular complexity index is 986. The molecule has 0 bridgehead atoms. The molecule has 1 aromatic carbocycles. The van der Waals surface area contributed by atoms with Gasteiger partial charge in [-0.25, -0.2) is 0 Å². The van der Waals surface area contributed by atoms with Gasteiger partial charge in [0, 0.05) is 20.1 Å². The second-order valence-corrected chi connectivity index (χ2v) is 8.29.